The zero-order valence-electron chi connectivity index (χ0n) is 14.2. The molecule has 1 heterocycles. The molecule has 0 aliphatic rings. The number of hydrogen-bond acceptors (Lipinski definition) is 4. The van der Waals surface area contributed by atoms with Crippen molar-refractivity contribution < 1.29 is 19.1 Å². The first-order valence-electron chi connectivity index (χ1n) is 8.05. The number of carbonyl (C=O) groups excluding carboxylic acids is 1. The quantitative estimate of drug-likeness (QED) is 0.821. The van der Waals surface area contributed by atoms with Crippen molar-refractivity contribution in [1.82, 2.24) is 5.32 Å². The van der Waals surface area contributed by atoms with Crippen LogP contribution < -0.4 is 10.1 Å². The van der Waals surface area contributed by atoms with Crippen LogP contribution >= 0.6 is 0 Å². The largest absolute Gasteiger partial charge is 0.497 e. The summed E-state index contributed by atoms with van der Waals surface area (Å²) >= 11 is 0. The first kappa shape index (κ1) is 17.3. The summed E-state index contributed by atoms with van der Waals surface area (Å²) in [6, 6.07) is 5.37. The number of aliphatic hydroxyl groups excluding tert-OH is 1. The van der Waals surface area contributed by atoms with Crippen molar-refractivity contribution in [1.29, 1.82) is 0 Å². The Labute approximate surface area is 136 Å². The monoisotopic (exact) mass is 319 g/mol. The van der Waals surface area contributed by atoms with Gasteiger partial charge in [0.15, 0.2) is 0 Å². The summed E-state index contributed by atoms with van der Waals surface area (Å²) in [5.41, 5.74) is 1.14. The molecule has 0 aliphatic heterocycles. The number of hydrogen-bond donors (Lipinski definition) is 2. The van der Waals surface area contributed by atoms with Gasteiger partial charge in [0, 0.05) is 11.9 Å². The zero-order chi connectivity index (χ0) is 17.0. The summed E-state index contributed by atoms with van der Waals surface area (Å²) in [6.07, 6.45) is 1.23. The molecular formula is C18H25NO4. The van der Waals surface area contributed by atoms with Crippen molar-refractivity contribution in [2.75, 3.05) is 13.7 Å². The molecule has 23 heavy (non-hydrogen) atoms. The van der Waals surface area contributed by atoms with Crippen LogP contribution in [0, 0.1) is 12.8 Å². The number of nitrogens with one attached hydrogen (secondary N) is 1. The minimum Gasteiger partial charge on any atom is -0.497 e. The van der Waals surface area contributed by atoms with Gasteiger partial charge in [-0.25, -0.2) is 0 Å². The van der Waals surface area contributed by atoms with E-state index in [2.05, 4.69) is 5.32 Å². The predicted molar refractivity (Wildman–Crippen MR) is 89.9 cm³/mol. The van der Waals surface area contributed by atoms with Crippen LogP contribution in [0.25, 0.3) is 11.0 Å². The van der Waals surface area contributed by atoms with Gasteiger partial charge in [-0.1, -0.05) is 26.7 Å². The van der Waals surface area contributed by atoms with Crippen LogP contribution in [0.1, 0.15) is 42.8 Å². The minimum atomic E-state index is -0.540. The van der Waals surface area contributed by atoms with Gasteiger partial charge in [0.1, 0.15) is 17.1 Å². The molecule has 0 bridgehead atoms. The average Bonchev–Trinajstić information content (AvgIpc) is 2.88. The van der Waals surface area contributed by atoms with E-state index in [1.165, 1.54) is 0 Å². The molecule has 0 fully saturated rings. The van der Waals surface area contributed by atoms with Crippen molar-refractivity contribution >= 4 is 16.9 Å². The Hall–Kier alpha value is -2.01. The summed E-state index contributed by atoms with van der Waals surface area (Å²) in [6.45, 7) is 6.08. The molecule has 2 N–H and O–H groups in total. The van der Waals surface area contributed by atoms with E-state index < -0.39 is 6.10 Å². The molecule has 2 rings (SSSR count). The Balaban J connectivity index is 2.19. The van der Waals surface area contributed by atoms with Gasteiger partial charge in [-0.3, -0.25) is 4.79 Å². The Bertz CT molecular complexity index is 673. The third-order valence-electron chi connectivity index (χ3n) is 4.36. The summed E-state index contributed by atoms with van der Waals surface area (Å²) < 4.78 is 10.8. The second-order valence-electron chi connectivity index (χ2n) is 5.75. The number of benzene rings is 1. The smallest absolute Gasteiger partial charge is 0.255 e. The van der Waals surface area contributed by atoms with Gasteiger partial charge in [-0.2, -0.15) is 0 Å². The van der Waals surface area contributed by atoms with Crippen molar-refractivity contribution in [3.8, 4) is 5.75 Å². The van der Waals surface area contributed by atoms with Gasteiger partial charge in [-0.05, 0) is 31.0 Å². The van der Waals surface area contributed by atoms with Crippen molar-refractivity contribution in [2.45, 2.75) is 39.7 Å². The first-order chi connectivity index (χ1) is 11.0. The molecule has 0 spiro atoms. The number of ether oxygens (including phenoxy) is 1. The molecule has 5 heteroatoms. The number of aryl methyl sites for hydroxylation is 1. The van der Waals surface area contributed by atoms with E-state index in [4.69, 9.17) is 9.15 Å². The molecule has 2 aromatic rings. The number of fused-ring (bicyclic) bond motifs is 1. The normalized spacial score (nSPS) is 12.6. The van der Waals surface area contributed by atoms with E-state index in [9.17, 15) is 9.90 Å². The molecule has 0 radical (unpaired) electrons. The first-order valence-corrected chi connectivity index (χ1v) is 8.05. The van der Waals surface area contributed by atoms with Crippen LogP contribution in [0.3, 0.4) is 0 Å². The fourth-order valence-corrected chi connectivity index (χ4v) is 2.89. The van der Waals surface area contributed by atoms with E-state index >= 15 is 0 Å². The number of aliphatic hydroxyl groups is 1. The second kappa shape index (κ2) is 7.51. The zero-order valence-corrected chi connectivity index (χ0v) is 14.2. The lowest BCUT2D eigenvalue weighted by Crippen LogP contribution is -2.36. The van der Waals surface area contributed by atoms with E-state index in [1.54, 1.807) is 32.2 Å². The maximum Gasteiger partial charge on any atom is 0.255 e. The predicted octanol–water partition coefficient (Wildman–Crippen LogP) is 3.28. The van der Waals surface area contributed by atoms with E-state index in [0.29, 0.717) is 22.7 Å². The van der Waals surface area contributed by atoms with Gasteiger partial charge in [-0.15, -0.1) is 0 Å². The highest BCUT2D eigenvalue weighted by molar-refractivity contribution is 6.07. The average molecular weight is 319 g/mol. The van der Waals surface area contributed by atoms with Crippen LogP contribution in [0.15, 0.2) is 22.6 Å². The maximum absolute atomic E-state index is 12.5. The Morgan fingerprint density at radius 1 is 1.35 bits per heavy atom. The molecule has 5 nitrogen and oxygen atoms in total. The fraction of sp³-hybridized carbons (Fsp3) is 0.500. The van der Waals surface area contributed by atoms with E-state index in [0.717, 1.165) is 18.2 Å². The Kier molecular flexibility index (Phi) is 5.66. The van der Waals surface area contributed by atoms with Gasteiger partial charge >= 0.3 is 0 Å². The standard InChI is InChI=1S/C18H25NO4/c1-5-12(6-2)15(20)10-19-18(21)17-11(3)23-16-8-7-13(22-4)9-14(16)17/h7-9,12,15,20H,5-6,10H2,1-4H3,(H,19,21). The molecule has 1 aromatic carbocycles. The third kappa shape index (κ3) is 3.67. The number of furan rings is 1. The van der Waals surface area contributed by atoms with Gasteiger partial charge < -0.3 is 19.6 Å². The van der Waals surface area contributed by atoms with Crippen LogP contribution in [0.2, 0.25) is 0 Å². The minimum absolute atomic E-state index is 0.192. The number of rotatable bonds is 7. The molecular weight excluding hydrogens is 294 g/mol. The van der Waals surface area contributed by atoms with E-state index in [1.807, 2.05) is 13.8 Å². The van der Waals surface area contributed by atoms with Crippen molar-refractivity contribution in [3.63, 3.8) is 0 Å². The third-order valence-corrected chi connectivity index (χ3v) is 4.36. The van der Waals surface area contributed by atoms with Crippen molar-refractivity contribution in [3.05, 3.63) is 29.5 Å². The van der Waals surface area contributed by atoms with Gasteiger partial charge in [0.25, 0.3) is 5.91 Å². The summed E-state index contributed by atoms with van der Waals surface area (Å²) in [4.78, 5) is 12.5. The maximum atomic E-state index is 12.5. The van der Waals surface area contributed by atoms with Crippen LogP contribution in [0.5, 0.6) is 5.75 Å². The molecule has 0 saturated carbocycles. The SMILES string of the molecule is CCC(CC)C(O)CNC(=O)c1c(C)oc2ccc(OC)cc12. The molecule has 1 unspecified atom stereocenters. The molecule has 126 valence electrons. The fourth-order valence-electron chi connectivity index (χ4n) is 2.89. The molecule has 0 aliphatic carbocycles. The molecule has 1 atom stereocenters. The Morgan fingerprint density at radius 3 is 2.65 bits per heavy atom. The van der Waals surface area contributed by atoms with Crippen LogP contribution in [0.4, 0.5) is 0 Å². The lowest BCUT2D eigenvalue weighted by Gasteiger charge is -2.20. The lowest BCUT2D eigenvalue weighted by molar-refractivity contribution is 0.0816. The highest BCUT2D eigenvalue weighted by Crippen LogP contribution is 2.29. The number of carbonyl (C=O) groups is 1. The second-order valence-corrected chi connectivity index (χ2v) is 5.75. The Morgan fingerprint density at radius 2 is 2.04 bits per heavy atom. The highest BCUT2D eigenvalue weighted by atomic mass is 16.5. The molecule has 1 amide bonds. The summed E-state index contributed by atoms with van der Waals surface area (Å²) in [5, 5.41) is 13.7. The summed E-state index contributed by atoms with van der Waals surface area (Å²) in [5.74, 6) is 1.18. The summed E-state index contributed by atoms with van der Waals surface area (Å²) in [7, 11) is 1.58. The molecule has 1 aromatic heterocycles. The van der Waals surface area contributed by atoms with E-state index in [-0.39, 0.29) is 18.4 Å². The van der Waals surface area contributed by atoms with Crippen LogP contribution in [-0.4, -0.2) is 30.8 Å². The number of amides is 1. The van der Waals surface area contributed by atoms with Crippen molar-refractivity contribution in [2.24, 2.45) is 5.92 Å². The van der Waals surface area contributed by atoms with Crippen LogP contribution in [-0.2, 0) is 0 Å². The molecule has 0 saturated heterocycles. The lowest BCUT2D eigenvalue weighted by atomic mass is 9.96. The highest BCUT2D eigenvalue weighted by Gasteiger charge is 2.21. The van der Waals surface area contributed by atoms with Gasteiger partial charge in [0.2, 0.25) is 0 Å². The topological polar surface area (TPSA) is 71.7 Å². The van der Waals surface area contributed by atoms with Gasteiger partial charge in [0.05, 0.1) is 18.8 Å². The number of methoxy groups -OCH3 is 1.